The molecule has 9 heteroatoms. The van der Waals surface area contributed by atoms with E-state index in [4.69, 9.17) is 14.3 Å². The third kappa shape index (κ3) is 4.27. The maximum Gasteiger partial charge on any atom is 0.303 e. The number of aryl methyl sites for hydroxylation is 2. The van der Waals surface area contributed by atoms with Crippen molar-refractivity contribution in [3.8, 4) is 17.2 Å². The molecule has 2 heterocycles. The van der Waals surface area contributed by atoms with Crippen LogP contribution in [0.4, 0.5) is 5.69 Å². The van der Waals surface area contributed by atoms with Gasteiger partial charge in [-0.05, 0) is 56.2 Å². The van der Waals surface area contributed by atoms with Gasteiger partial charge in [0.2, 0.25) is 5.89 Å². The van der Waals surface area contributed by atoms with E-state index >= 15 is 0 Å². The van der Waals surface area contributed by atoms with Crippen LogP contribution in [0.15, 0.2) is 58.0 Å². The molecule has 0 unspecified atom stereocenters. The molecule has 162 valence electrons. The molecule has 8 nitrogen and oxygen atoms in total. The number of aromatic nitrogens is 1. The number of aliphatic carboxylic acids is 1. The number of hydrogen-bond donors (Lipinski definition) is 1. The molecular weight excluding hydrogens is 420 g/mol. The van der Waals surface area contributed by atoms with Gasteiger partial charge in [-0.15, -0.1) is 0 Å². The highest BCUT2D eigenvalue weighted by Crippen LogP contribution is 2.40. The average molecular weight is 442 g/mol. The molecular formula is C22H22N2O6S. The number of carboxylic acid groups (broad SMARTS) is 1. The minimum absolute atomic E-state index is 0.00458. The average Bonchev–Trinajstić information content (AvgIpc) is 3.17. The van der Waals surface area contributed by atoms with Crippen LogP contribution >= 0.6 is 0 Å². The van der Waals surface area contributed by atoms with Gasteiger partial charge in [0, 0.05) is 12.0 Å². The first-order valence-corrected chi connectivity index (χ1v) is 11.2. The predicted octanol–water partition coefficient (Wildman–Crippen LogP) is 3.78. The molecule has 0 fully saturated rings. The van der Waals surface area contributed by atoms with Gasteiger partial charge in [0.1, 0.15) is 17.6 Å². The zero-order chi connectivity index (χ0) is 22.2. The number of fused-ring (bicyclic) bond motifs is 1. The smallest absolute Gasteiger partial charge is 0.303 e. The first kappa shape index (κ1) is 20.9. The summed E-state index contributed by atoms with van der Waals surface area (Å²) in [6, 6.07) is 11.7. The summed E-state index contributed by atoms with van der Waals surface area (Å²) in [4.78, 5) is 15.4. The number of benzene rings is 2. The molecule has 3 aromatic rings. The number of sulfonamides is 1. The molecule has 31 heavy (non-hydrogen) atoms. The van der Waals surface area contributed by atoms with Crippen LogP contribution in [-0.2, 0) is 14.8 Å². The van der Waals surface area contributed by atoms with Crippen molar-refractivity contribution in [3.63, 3.8) is 0 Å². The molecule has 0 radical (unpaired) electrons. The maximum atomic E-state index is 13.6. The molecule has 2 aromatic carbocycles. The third-order valence-electron chi connectivity index (χ3n) is 5.02. The zero-order valence-electron chi connectivity index (χ0n) is 17.1. The van der Waals surface area contributed by atoms with Gasteiger partial charge in [-0.1, -0.05) is 12.1 Å². The summed E-state index contributed by atoms with van der Waals surface area (Å²) in [6.45, 7) is 3.61. The Morgan fingerprint density at radius 2 is 2.03 bits per heavy atom. The second-order valence-electron chi connectivity index (χ2n) is 7.48. The van der Waals surface area contributed by atoms with Crippen LogP contribution in [0.2, 0.25) is 0 Å². The molecule has 1 aliphatic heterocycles. The van der Waals surface area contributed by atoms with E-state index in [1.165, 1.54) is 4.31 Å². The molecule has 1 N–H and O–H groups in total. The summed E-state index contributed by atoms with van der Waals surface area (Å²) in [5.74, 6) is 0.421. The minimum atomic E-state index is -3.91. The SMILES string of the molecule is Cc1cccc(S(=O)(=O)N2C[C@H](CCC(=O)O)Oc3ccc(-c4ncc(C)o4)cc32)c1. The van der Waals surface area contributed by atoms with Gasteiger partial charge < -0.3 is 14.3 Å². The highest BCUT2D eigenvalue weighted by Gasteiger charge is 2.35. The molecule has 0 saturated heterocycles. The minimum Gasteiger partial charge on any atom is -0.486 e. The van der Waals surface area contributed by atoms with Gasteiger partial charge in [0.25, 0.3) is 10.0 Å². The van der Waals surface area contributed by atoms with Gasteiger partial charge >= 0.3 is 5.97 Å². The van der Waals surface area contributed by atoms with Crippen LogP contribution in [-0.4, -0.2) is 37.1 Å². The van der Waals surface area contributed by atoms with E-state index < -0.39 is 22.1 Å². The summed E-state index contributed by atoms with van der Waals surface area (Å²) in [6.07, 6.45) is 1.08. The fraction of sp³-hybridized carbons (Fsp3) is 0.273. The van der Waals surface area contributed by atoms with Crippen LogP contribution in [0.25, 0.3) is 11.5 Å². The van der Waals surface area contributed by atoms with Crippen molar-refractivity contribution in [3.05, 3.63) is 60.0 Å². The molecule has 1 atom stereocenters. The van der Waals surface area contributed by atoms with Crippen LogP contribution in [0.3, 0.4) is 0 Å². The lowest BCUT2D eigenvalue weighted by Gasteiger charge is -2.35. The van der Waals surface area contributed by atoms with E-state index in [0.29, 0.717) is 28.7 Å². The zero-order valence-corrected chi connectivity index (χ0v) is 17.9. The number of nitrogens with zero attached hydrogens (tertiary/aromatic N) is 2. The number of hydrogen-bond acceptors (Lipinski definition) is 6. The summed E-state index contributed by atoms with van der Waals surface area (Å²) >= 11 is 0. The molecule has 4 rings (SSSR count). The van der Waals surface area contributed by atoms with E-state index in [-0.39, 0.29) is 24.3 Å². The van der Waals surface area contributed by atoms with Crippen molar-refractivity contribution in [2.45, 2.75) is 37.7 Å². The number of carboxylic acids is 1. The number of oxazole rings is 1. The van der Waals surface area contributed by atoms with E-state index in [0.717, 1.165) is 5.56 Å². The molecule has 1 aromatic heterocycles. The van der Waals surface area contributed by atoms with Gasteiger partial charge in [-0.25, -0.2) is 13.4 Å². The first-order chi connectivity index (χ1) is 14.7. The lowest BCUT2D eigenvalue weighted by molar-refractivity contribution is -0.137. The summed E-state index contributed by atoms with van der Waals surface area (Å²) in [5, 5.41) is 9.03. The maximum absolute atomic E-state index is 13.6. The van der Waals surface area contributed by atoms with Gasteiger partial charge in [-0.2, -0.15) is 0 Å². The molecule has 1 aliphatic rings. The topological polar surface area (TPSA) is 110 Å². The van der Waals surface area contributed by atoms with E-state index in [9.17, 15) is 13.2 Å². The van der Waals surface area contributed by atoms with Crippen molar-refractivity contribution in [1.29, 1.82) is 0 Å². The van der Waals surface area contributed by atoms with Crippen LogP contribution < -0.4 is 9.04 Å². The molecule has 0 spiro atoms. The summed E-state index contributed by atoms with van der Waals surface area (Å²) in [7, 11) is -3.91. The van der Waals surface area contributed by atoms with E-state index in [2.05, 4.69) is 4.98 Å². The van der Waals surface area contributed by atoms with Crippen LogP contribution in [0, 0.1) is 13.8 Å². The molecule has 0 aliphatic carbocycles. The highest BCUT2D eigenvalue weighted by molar-refractivity contribution is 7.92. The lowest BCUT2D eigenvalue weighted by Crippen LogP contribution is -2.43. The molecule has 0 amide bonds. The summed E-state index contributed by atoms with van der Waals surface area (Å²) in [5.41, 5.74) is 1.80. The lowest BCUT2D eigenvalue weighted by atomic mass is 10.1. The summed E-state index contributed by atoms with van der Waals surface area (Å²) < 4.78 is 39.9. The Kier molecular flexibility index (Phi) is 5.45. The number of ether oxygens (including phenoxy) is 1. The Labute approximate surface area is 180 Å². The van der Waals surface area contributed by atoms with Crippen molar-refractivity contribution in [2.24, 2.45) is 0 Å². The van der Waals surface area contributed by atoms with Gasteiger partial charge in [-0.3, -0.25) is 9.10 Å². The fourth-order valence-corrected chi connectivity index (χ4v) is 5.10. The van der Waals surface area contributed by atoms with Crippen molar-refractivity contribution in [2.75, 3.05) is 10.8 Å². The standard InChI is InChI=1S/C22H22N2O6S/c1-14-4-3-5-18(10-14)31(27,28)24-13-17(7-9-21(25)26)30-20-8-6-16(11-19(20)24)22-23-12-15(2)29-22/h3-6,8,10-12,17H,7,9,13H2,1-2H3,(H,25,26)/t17-/m0/s1. The number of carbonyl (C=O) groups is 1. The van der Waals surface area contributed by atoms with Crippen LogP contribution in [0.5, 0.6) is 5.75 Å². The van der Waals surface area contributed by atoms with Gasteiger partial charge in [0.05, 0.1) is 23.3 Å². The normalized spacial score (nSPS) is 15.9. The molecule has 0 saturated carbocycles. The van der Waals surface area contributed by atoms with Crippen LogP contribution in [0.1, 0.15) is 24.2 Å². The number of anilines is 1. The quantitative estimate of drug-likeness (QED) is 0.618. The number of rotatable bonds is 6. The second-order valence-corrected chi connectivity index (χ2v) is 9.35. The van der Waals surface area contributed by atoms with Crippen molar-refractivity contribution >= 4 is 21.7 Å². The van der Waals surface area contributed by atoms with E-state index in [1.54, 1.807) is 49.5 Å². The van der Waals surface area contributed by atoms with Crippen molar-refractivity contribution in [1.82, 2.24) is 4.98 Å². The van der Waals surface area contributed by atoms with Crippen molar-refractivity contribution < 1.29 is 27.5 Å². The third-order valence-corrected chi connectivity index (χ3v) is 6.79. The monoisotopic (exact) mass is 442 g/mol. The predicted molar refractivity (Wildman–Crippen MR) is 114 cm³/mol. The Morgan fingerprint density at radius 3 is 2.71 bits per heavy atom. The molecule has 0 bridgehead atoms. The fourth-order valence-electron chi connectivity index (χ4n) is 3.50. The van der Waals surface area contributed by atoms with Gasteiger partial charge in [0.15, 0.2) is 0 Å². The Bertz CT molecular complexity index is 1230. The second kappa shape index (κ2) is 8.07. The van der Waals surface area contributed by atoms with E-state index in [1.807, 2.05) is 13.0 Å². The largest absolute Gasteiger partial charge is 0.486 e. The first-order valence-electron chi connectivity index (χ1n) is 9.79. The Hall–Kier alpha value is -3.33. The Balaban J connectivity index is 1.79. The highest BCUT2D eigenvalue weighted by atomic mass is 32.2. The Morgan fingerprint density at radius 1 is 1.23 bits per heavy atom.